The molecule has 0 unspecified atom stereocenters. The van der Waals surface area contributed by atoms with Gasteiger partial charge < -0.3 is 19.4 Å². The molecule has 1 aromatic heterocycles. The van der Waals surface area contributed by atoms with Crippen LogP contribution in [0.1, 0.15) is 17.0 Å². The monoisotopic (exact) mass is 412 g/mol. The van der Waals surface area contributed by atoms with Crippen molar-refractivity contribution in [2.24, 2.45) is 0 Å². The molecule has 0 aliphatic heterocycles. The van der Waals surface area contributed by atoms with E-state index in [2.05, 4.69) is 27.6 Å². The summed E-state index contributed by atoms with van der Waals surface area (Å²) in [5, 5.41) is 12.0. The molecule has 0 spiro atoms. The highest BCUT2D eigenvalue weighted by molar-refractivity contribution is 7.99. The second-order valence-electron chi connectivity index (χ2n) is 6.32. The van der Waals surface area contributed by atoms with Crippen molar-refractivity contribution in [1.82, 2.24) is 20.1 Å². The summed E-state index contributed by atoms with van der Waals surface area (Å²) >= 11 is 1.37. The number of rotatable bonds is 9. The van der Waals surface area contributed by atoms with Crippen LogP contribution in [-0.2, 0) is 17.9 Å². The van der Waals surface area contributed by atoms with Gasteiger partial charge in [0.2, 0.25) is 5.91 Å². The largest absolute Gasteiger partial charge is 0.493 e. The number of ether oxygens (including phenoxy) is 2. The zero-order chi connectivity index (χ0) is 20.6. The fourth-order valence-corrected chi connectivity index (χ4v) is 3.70. The van der Waals surface area contributed by atoms with E-state index >= 15 is 0 Å². The Balaban J connectivity index is 1.58. The molecule has 1 heterocycles. The molecule has 3 aromatic rings. The Bertz CT molecular complexity index is 960. The van der Waals surface area contributed by atoms with Crippen LogP contribution in [0.4, 0.5) is 0 Å². The lowest BCUT2D eigenvalue weighted by atomic mass is 10.2. The fraction of sp³-hybridized carbons (Fsp3) is 0.286. The number of methoxy groups -OCH3 is 2. The molecule has 0 aliphatic carbocycles. The number of benzene rings is 2. The third-order valence-corrected chi connectivity index (χ3v) is 5.34. The molecule has 29 heavy (non-hydrogen) atoms. The number of para-hydroxylation sites is 1. The fourth-order valence-electron chi connectivity index (χ4n) is 2.88. The van der Waals surface area contributed by atoms with E-state index in [-0.39, 0.29) is 11.7 Å². The molecule has 0 fully saturated rings. The molecule has 0 radical (unpaired) electrons. The average Bonchev–Trinajstić information content (AvgIpc) is 3.10. The van der Waals surface area contributed by atoms with Crippen LogP contribution >= 0.6 is 11.8 Å². The molecule has 1 N–H and O–H groups in total. The SMILES string of the molecule is COc1cccc(CNC(=O)CSc2nnc(C)n2Cc2ccccc2)c1OC. The van der Waals surface area contributed by atoms with Crippen LogP contribution in [0.3, 0.4) is 0 Å². The number of hydrogen-bond donors (Lipinski definition) is 1. The van der Waals surface area contributed by atoms with Gasteiger partial charge in [-0.2, -0.15) is 0 Å². The van der Waals surface area contributed by atoms with Gasteiger partial charge in [0.1, 0.15) is 5.82 Å². The van der Waals surface area contributed by atoms with Gasteiger partial charge in [-0.25, -0.2) is 0 Å². The van der Waals surface area contributed by atoms with E-state index in [1.165, 1.54) is 11.8 Å². The zero-order valence-corrected chi connectivity index (χ0v) is 17.5. The Morgan fingerprint density at radius 1 is 1.07 bits per heavy atom. The Hall–Kier alpha value is -3.00. The Morgan fingerprint density at radius 3 is 2.59 bits per heavy atom. The van der Waals surface area contributed by atoms with Gasteiger partial charge in [-0.3, -0.25) is 4.79 Å². The lowest BCUT2D eigenvalue weighted by molar-refractivity contribution is -0.118. The first-order chi connectivity index (χ1) is 14.1. The number of amides is 1. The van der Waals surface area contributed by atoms with Crippen LogP contribution in [0.15, 0.2) is 53.7 Å². The van der Waals surface area contributed by atoms with E-state index in [4.69, 9.17) is 9.47 Å². The van der Waals surface area contributed by atoms with E-state index in [1.807, 2.05) is 47.9 Å². The van der Waals surface area contributed by atoms with Crippen molar-refractivity contribution >= 4 is 17.7 Å². The first-order valence-electron chi connectivity index (χ1n) is 9.15. The minimum atomic E-state index is -0.0909. The summed E-state index contributed by atoms with van der Waals surface area (Å²) in [4.78, 5) is 12.4. The molecule has 0 bridgehead atoms. The van der Waals surface area contributed by atoms with Crippen molar-refractivity contribution in [2.75, 3.05) is 20.0 Å². The third kappa shape index (κ3) is 5.29. The summed E-state index contributed by atoms with van der Waals surface area (Å²) in [7, 11) is 3.17. The predicted octanol–water partition coefficient (Wildman–Crippen LogP) is 3.06. The van der Waals surface area contributed by atoms with E-state index in [0.29, 0.717) is 24.6 Å². The Labute approximate surface area is 174 Å². The topological polar surface area (TPSA) is 78.3 Å². The van der Waals surface area contributed by atoms with Gasteiger partial charge in [0.15, 0.2) is 16.7 Å². The van der Waals surface area contributed by atoms with Gasteiger partial charge in [-0.1, -0.05) is 54.2 Å². The van der Waals surface area contributed by atoms with Crippen molar-refractivity contribution in [3.8, 4) is 11.5 Å². The second-order valence-corrected chi connectivity index (χ2v) is 7.26. The summed E-state index contributed by atoms with van der Waals surface area (Å²) in [6.07, 6.45) is 0. The summed E-state index contributed by atoms with van der Waals surface area (Å²) < 4.78 is 12.7. The first-order valence-corrected chi connectivity index (χ1v) is 10.1. The number of nitrogens with one attached hydrogen (secondary N) is 1. The number of nitrogens with zero attached hydrogens (tertiary/aromatic N) is 3. The molecule has 7 nitrogen and oxygen atoms in total. The molecule has 3 rings (SSSR count). The number of hydrogen-bond acceptors (Lipinski definition) is 6. The van der Waals surface area contributed by atoms with Crippen LogP contribution in [0, 0.1) is 6.92 Å². The highest BCUT2D eigenvalue weighted by Gasteiger charge is 2.14. The molecule has 1 amide bonds. The number of carbonyl (C=O) groups excluding carboxylic acids is 1. The van der Waals surface area contributed by atoms with Crippen molar-refractivity contribution in [3.05, 3.63) is 65.5 Å². The Kier molecular flexibility index (Phi) is 7.13. The molecular weight excluding hydrogens is 388 g/mol. The molecule has 2 aromatic carbocycles. The summed E-state index contributed by atoms with van der Waals surface area (Å²) in [5.74, 6) is 2.24. The van der Waals surface area contributed by atoms with Crippen LogP contribution in [0.25, 0.3) is 0 Å². The predicted molar refractivity (Wildman–Crippen MR) is 112 cm³/mol. The summed E-state index contributed by atoms with van der Waals surface area (Å²) in [6, 6.07) is 15.7. The maximum absolute atomic E-state index is 12.4. The minimum absolute atomic E-state index is 0.0909. The molecule has 0 saturated heterocycles. The summed E-state index contributed by atoms with van der Waals surface area (Å²) in [6.45, 7) is 2.94. The van der Waals surface area contributed by atoms with E-state index < -0.39 is 0 Å². The summed E-state index contributed by atoms with van der Waals surface area (Å²) in [5.41, 5.74) is 2.01. The number of thioether (sulfide) groups is 1. The van der Waals surface area contributed by atoms with Gasteiger partial charge in [0.25, 0.3) is 0 Å². The van der Waals surface area contributed by atoms with Crippen LogP contribution < -0.4 is 14.8 Å². The number of aryl methyl sites for hydroxylation is 1. The van der Waals surface area contributed by atoms with Gasteiger partial charge in [-0.15, -0.1) is 10.2 Å². The number of aromatic nitrogens is 3. The van der Waals surface area contributed by atoms with Gasteiger partial charge >= 0.3 is 0 Å². The van der Waals surface area contributed by atoms with Gasteiger partial charge in [0, 0.05) is 12.1 Å². The van der Waals surface area contributed by atoms with Crippen LogP contribution in [0.2, 0.25) is 0 Å². The lowest BCUT2D eigenvalue weighted by Gasteiger charge is -2.13. The van der Waals surface area contributed by atoms with Crippen molar-refractivity contribution in [1.29, 1.82) is 0 Å². The quantitative estimate of drug-likeness (QED) is 0.544. The maximum Gasteiger partial charge on any atom is 0.230 e. The zero-order valence-electron chi connectivity index (χ0n) is 16.7. The van der Waals surface area contributed by atoms with E-state index in [0.717, 1.165) is 22.1 Å². The highest BCUT2D eigenvalue weighted by atomic mass is 32.2. The number of carbonyl (C=O) groups is 1. The standard InChI is InChI=1S/C21H24N4O3S/c1-15-23-24-21(25(15)13-16-8-5-4-6-9-16)29-14-19(26)22-12-17-10-7-11-18(27-2)20(17)28-3/h4-11H,12-14H2,1-3H3,(H,22,26). The highest BCUT2D eigenvalue weighted by Crippen LogP contribution is 2.30. The molecule has 152 valence electrons. The molecular formula is C21H24N4O3S. The van der Waals surface area contributed by atoms with Gasteiger partial charge in [0.05, 0.1) is 26.5 Å². The maximum atomic E-state index is 12.4. The lowest BCUT2D eigenvalue weighted by Crippen LogP contribution is -2.25. The first kappa shape index (κ1) is 20.7. The van der Waals surface area contributed by atoms with Crippen molar-refractivity contribution < 1.29 is 14.3 Å². The van der Waals surface area contributed by atoms with E-state index in [1.54, 1.807) is 14.2 Å². The van der Waals surface area contributed by atoms with Crippen molar-refractivity contribution in [2.45, 2.75) is 25.2 Å². The molecule has 0 saturated carbocycles. The van der Waals surface area contributed by atoms with Crippen LogP contribution in [0.5, 0.6) is 11.5 Å². The third-order valence-electron chi connectivity index (χ3n) is 4.38. The van der Waals surface area contributed by atoms with E-state index in [9.17, 15) is 4.79 Å². The van der Waals surface area contributed by atoms with Crippen LogP contribution in [-0.4, -0.2) is 40.6 Å². The average molecular weight is 413 g/mol. The minimum Gasteiger partial charge on any atom is -0.493 e. The normalized spacial score (nSPS) is 10.6. The molecule has 8 heteroatoms. The van der Waals surface area contributed by atoms with Crippen molar-refractivity contribution in [3.63, 3.8) is 0 Å². The molecule has 0 aliphatic rings. The molecule has 0 atom stereocenters. The van der Waals surface area contributed by atoms with Gasteiger partial charge in [-0.05, 0) is 18.6 Å². The second kappa shape index (κ2) is 9.97. The Morgan fingerprint density at radius 2 is 1.86 bits per heavy atom. The smallest absolute Gasteiger partial charge is 0.230 e.